The van der Waals surface area contributed by atoms with Gasteiger partial charge in [0.2, 0.25) is 0 Å². The Morgan fingerprint density at radius 3 is 2.16 bits per heavy atom. The van der Waals surface area contributed by atoms with Crippen molar-refractivity contribution in [2.45, 2.75) is 13.1 Å². The van der Waals surface area contributed by atoms with Gasteiger partial charge in [-0.05, 0) is 17.7 Å². The zero-order valence-electron chi connectivity index (χ0n) is 18.4. The molecule has 32 heavy (non-hydrogen) atoms. The normalized spacial score (nSPS) is 14.4. The van der Waals surface area contributed by atoms with Crippen molar-refractivity contribution in [3.63, 3.8) is 0 Å². The Kier molecular flexibility index (Phi) is 9.78. The third-order valence-corrected chi connectivity index (χ3v) is 5.70. The van der Waals surface area contributed by atoms with Gasteiger partial charge in [-0.1, -0.05) is 30.3 Å². The number of halogens is 2. The average Bonchev–Trinajstić information content (AvgIpc) is 2.79. The number of ether oxygens (including phenoxy) is 2. The minimum Gasteiger partial charge on any atom is -0.493 e. The number of piperazine rings is 1. The van der Waals surface area contributed by atoms with Crippen LogP contribution in [-0.2, 0) is 13.1 Å². The molecule has 2 aromatic carbocycles. The second kappa shape index (κ2) is 12.1. The zero-order chi connectivity index (χ0) is 20.9. The number of fused-ring (bicyclic) bond motifs is 1. The third kappa shape index (κ3) is 5.92. The fourth-order valence-corrected chi connectivity index (χ4v) is 3.92. The van der Waals surface area contributed by atoms with Gasteiger partial charge in [-0.25, -0.2) is 4.68 Å². The second-order valence-electron chi connectivity index (χ2n) is 7.57. The molecular weight excluding hydrogens is 451 g/mol. The lowest BCUT2D eigenvalue weighted by molar-refractivity contribution is 0.123. The van der Waals surface area contributed by atoms with Gasteiger partial charge in [-0.2, -0.15) is 5.10 Å². The smallest absolute Gasteiger partial charge is 0.274 e. The van der Waals surface area contributed by atoms with Crippen molar-refractivity contribution in [3.8, 4) is 11.5 Å². The molecule has 3 aromatic rings. The van der Waals surface area contributed by atoms with Gasteiger partial charge in [-0.15, -0.1) is 24.8 Å². The van der Waals surface area contributed by atoms with Crippen LogP contribution in [0, 0.1) is 0 Å². The fourth-order valence-electron chi connectivity index (χ4n) is 3.92. The van der Waals surface area contributed by atoms with Crippen molar-refractivity contribution < 1.29 is 9.47 Å². The molecule has 1 aliphatic rings. The molecule has 1 aliphatic heterocycles. The van der Waals surface area contributed by atoms with Gasteiger partial charge in [0.1, 0.15) is 0 Å². The van der Waals surface area contributed by atoms with E-state index < -0.39 is 0 Å². The summed E-state index contributed by atoms with van der Waals surface area (Å²) in [5, 5.41) is 5.71. The van der Waals surface area contributed by atoms with E-state index in [1.165, 1.54) is 5.56 Å². The molecule has 0 unspecified atom stereocenters. The van der Waals surface area contributed by atoms with Crippen molar-refractivity contribution in [1.29, 1.82) is 0 Å². The van der Waals surface area contributed by atoms with E-state index >= 15 is 0 Å². The van der Waals surface area contributed by atoms with E-state index in [-0.39, 0.29) is 30.4 Å². The lowest BCUT2D eigenvalue weighted by Crippen LogP contribution is -2.47. The zero-order valence-corrected chi connectivity index (χ0v) is 20.0. The summed E-state index contributed by atoms with van der Waals surface area (Å²) in [6, 6.07) is 14.1. The Morgan fingerprint density at radius 1 is 0.875 bits per heavy atom. The van der Waals surface area contributed by atoms with Crippen LogP contribution >= 0.6 is 24.8 Å². The van der Waals surface area contributed by atoms with Gasteiger partial charge >= 0.3 is 0 Å². The first-order valence-electron chi connectivity index (χ1n) is 10.3. The Morgan fingerprint density at radius 2 is 1.50 bits per heavy atom. The quantitative estimate of drug-likeness (QED) is 0.517. The minimum absolute atomic E-state index is 0. The Labute approximate surface area is 200 Å². The number of nitrogens with zero attached hydrogens (tertiary/aromatic N) is 4. The highest BCUT2D eigenvalue weighted by Crippen LogP contribution is 2.30. The van der Waals surface area contributed by atoms with Crippen LogP contribution in [0.4, 0.5) is 0 Å². The van der Waals surface area contributed by atoms with Gasteiger partial charge in [0.25, 0.3) is 5.56 Å². The molecule has 0 atom stereocenters. The molecule has 7 nitrogen and oxygen atoms in total. The van der Waals surface area contributed by atoms with Crippen molar-refractivity contribution in [3.05, 3.63) is 64.6 Å². The van der Waals surface area contributed by atoms with Crippen LogP contribution in [0.2, 0.25) is 0 Å². The number of rotatable bonds is 7. The maximum atomic E-state index is 12.9. The molecule has 0 radical (unpaired) electrons. The minimum atomic E-state index is -0.101. The first-order valence-corrected chi connectivity index (χ1v) is 10.3. The van der Waals surface area contributed by atoms with E-state index in [1.807, 2.05) is 0 Å². The van der Waals surface area contributed by atoms with E-state index in [1.54, 1.807) is 37.2 Å². The first kappa shape index (κ1) is 25.9. The molecule has 1 aromatic heterocycles. The summed E-state index contributed by atoms with van der Waals surface area (Å²) in [5.74, 6) is 1.15. The van der Waals surface area contributed by atoms with Crippen LogP contribution in [-0.4, -0.2) is 66.5 Å². The molecular formula is C23H30Cl2N4O3. The van der Waals surface area contributed by atoms with Crippen molar-refractivity contribution in [1.82, 2.24) is 19.6 Å². The Balaban J connectivity index is 0.00000181. The summed E-state index contributed by atoms with van der Waals surface area (Å²) in [5.41, 5.74) is 1.25. The van der Waals surface area contributed by atoms with E-state index in [2.05, 4.69) is 45.2 Å². The highest BCUT2D eigenvalue weighted by molar-refractivity contribution is 5.86. The molecule has 2 heterocycles. The summed E-state index contributed by atoms with van der Waals surface area (Å²) in [6.07, 6.45) is 1.72. The second-order valence-corrected chi connectivity index (χ2v) is 7.57. The largest absolute Gasteiger partial charge is 0.493 e. The predicted octanol–water partition coefficient (Wildman–Crippen LogP) is 3.08. The number of benzene rings is 2. The fraction of sp³-hybridized carbons (Fsp3) is 0.391. The van der Waals surface area contributed by atoms with Crippen LogP contribution in [0.15, 0.2) is 53.5 Å². The molecule has 4 rings (SSSR count). The highest BCUT2D eigenvalue weighted by atomic mass is 35.5. The lowest BCUT2D eigenvalue weighted by Gasteiger charge is -2.34. The van der Waals surface area contributed by atoms with Crippen LogP contribution in [0.3, 0.4) is 0 Å². The predicted molar refractivity (Wildman–Crippen MR) is 132 cm³/mol. The number of aromatic nitrogens is 2. The molecule has 0 aliphatic carbocycles. The van der Waals surface area contributed by atoms with Crippen molar-refractivity contribution in [2.75, 3.05) is 46.9 Å². The molecule has 174 valence electrons. The molecule has 1 saturated heterocycles. The first-order chi connectivity index (χ1) is 14.7. The Hall–Kier alpha value is -2.32. The summed E-state index contributed by atoms with van der Waals surface area (Å²) in [7, 11) is 3.15. The van der Waals surface area contributed by atoms with Crippen molar-refractivity contribution >= 4 is 35.6 Å². The van der Waals surface area contributed by atoms with Crippen LogP contribution < -0.4 is 15.0 Å². The Bertz CT molecular complexity index is 1050. The topological polar surface area (TPSA) is 59.8 Å². The van der Waals surface area contributed by atoms with Gasteiger partial charge < -0.3 is 9.47 Å². The number of methoxy groups -OCH3 is 2. The molecule has 0 amide bonds. The van der Waals surface area contributed by atoms with Gasteiger partial charge in [0.05, 0.1) is 32.3 Å². The van der Waals surface area contributed by atoms with Gasteiger partial charge in [0.15, 0.2) is 11.5 Å². The SMILES string of the molecule is COc1cc2cnn(CCN3CCN(Cc4ccccc4)CC3)c(=O)c2cc1OC.Cl.Cl. The summed E-state index contributed by atoms with van der Waals surface area (Å²) >= 11 is 0. The molecule has 9 heteroatoms. The average molecular weight is 481 g/mol. The molecule has 0 bridgehead atoms. The highest BCUT2D eigenvalue weighted by Gasteiger charge is 2.17. The summed E-state index contributed by atoms with van der Waals surface area (Å²) < 4.78 is 12.2. The third-order valence-electron chi connectivity index (χ3n) is 5.70. The van der Waals surface area contributed by atoms with E-state index in [0.717, 1.165) is 44.7 Å². The monoisotopic (exact) mass is 480 g/mol. The maximum Gasteiger partial charge on any atom is 0.274 e. The maximum absolute atomic E-state index is 12.9. The van der Waals surface area contributed by atoms with Gasteiger partial charge in [0, 0.05) is 44.7 Å². The summed E-state index contributed by atoms with van der Waals surface area (Å²) in [6.45, 7) is 6.44. The van der Waals surface area contributed by atoms with Crippen molar-refractivity contribution in [2.24, 2.45) is 0 Å². The summed E-state index contributed by atoms with van der Waals surface area (Å²) in [4.78, 5) is 17.8. The standard InChI is InChI=1S/C23H28N4O3.2ClH/c1-29-21-14-19-16-24-27(23(28)20(19)15-22(21)30-2)13-12-25-8-10-26(11-9-25)17-18-6-4-3-5-7-18;;/h3-7,14-16H,8-13,17H2,1-2H3;2*1H. The van der Waals surface area contributed by atoms with Crippen LogP contribution in [0.1, 0.15) is 5.56 Å². The molecule has 0 spiro atoms. The number of hydrogen-bond donors (Lipinski definition) is 0. The van der Waals surface area contributed by atoms with Gasteiger partial charge in [-0.3, -0.25) is 14.6 Å². The number of hydrogen-bond acceptors (Lipinski definition) is 6. The van der Waals surface area contributed by atoms with Crippen LogP contribution in [0.5, 0.6) is 11.5 Å². The van der Waals surface area contributed by atoms with E-state index in [9.17, 15) is 4.79 Å². The lowest BCUT2D eigenvalue weighted by atomic mass is 10.2. The van der Waals surface area contributed by atoms with E-state index in [4.69, 9.17) is 9.47 Å². The molecule has 1 fully saturated rings. The van der Waals surface area contributed by atoms with E-state index in [0.29, 0.717) is 23.4 Å². The van der Waals surface area contributed by atoms with Crippen LogP contribution in [0.25, 0.3) is 10.8 Å². The molecule has 0 saturated carbocycles. The molecule has 0 N–H and O–H groups in total.